The second-order valence-corrected chi connectivity index (χ2v) is 4.00. The van der Waals surface area contributed by atoms with Crippen LogP contribution in [-0.4, -0.2) is 10.8 Å². The Morgan fingerprint density at radius 2 is 1.65 bits per heavy atom. The maximum absolute atomic E-state index is 9.62. The topological polar surface area (TPSA) is 32.6 Å². The van der Waals surface area contributed by atoms with Gasteiger partial charge < -0.3 is 5.11 Å². The lowest BCUT2D eigenvalue weighted by Crippen LogP contribution is -1.96. The highest BCUT2D eigenvalue weighted by Gasteiger charge is 1.99. The summed E-state index contributed by atoms with van der Waals surface area (Å²) in [6, 6.07) is 17.3. The molecule has 0 saturated carbocycles. The van der Waals surface area contributed by atoms with E-state index in [1.54, 1.807) is 12.1 Å². The molecule has 0 heterocycles. The van der Waals surface area contributed by atoms with Crippen LogP contribution in [0.25, 0.3) is 0 Å². The second kappa shape index (κ2) is 5.30. The van der Waals surface area contributed by atoms with Crippen molar-refractivity contribution in [2.45, 2.75) is 13.3 Å². The van der Waals surface area contributed by atoms with E-state index in [9.17, 15) is 5.11 Å². The normalized spacial score (nSPS) is 11.5. The quantitative estimate of drug-likeness (QED) is 0.793. The minimum absolute atomic E-state index is 0.222. The number of benzene rings is 2. The van der Waals surface area contributed by atoms with E-state index >= 15 is 0 Å². The Balaban J connectivity index is 2.16. The van der Waals surface area contributed by atoms with Gasteiger partial charge in [-0.3, -0.25) is 4.99 Å². The molecule has 0 aromatic heterocycles. The number of aromatic hydroxyl groups is 1. The molecule has 0 unspecified atom stereocenters. The van der Waals surface area contributed by atoms with Gasteiger partial charge in [0, 0.05) is 12.1 Å². The van der Waals surface area contributed by atoms with E-state index in [2.05, 4.69) is 17.1 Å². The average Bonchev–Trinajstić information content (AvgIpc) is 2.33. The zero-order chi connectivity index (χ0) is 12.1. The monoisotopic (exact) mass is 225 g/mol. The summed E-state index contributed by atoms with van der Waals surface area (Å²) in [5.74, 6) is 0.222. The smallest absolute Gasteiger partial charge is 0.141 e. The predicted octanol–water partition coefficient (Wildman–Crippen LogP) is 3.73. The van der Waals surface area contributed by atoms with Crippen LogP contribution < -0.4 is 0 Å². The van der Waals surface area contributed by atoms with Crippen LogP contribution in [0.4, 0.5) is 5.69 Å². The Morgan fingerprint density at radius 1 is 1.00 bits per heavy atom. The first-order valence-electron chi connectivity index (χ1n) is 5.62. The minimum Gasteiger partial charge on any atom is -0.506 e. The number of phenolic OH excluding ortho intramolecular Hbond substituents is 1. The predicted molar refractivity (Wildman–Crippen MR) is 71.0 cm³/mol. The summed E-state index contributed by atoms with van der Waals surface area (Å²) in [5.41, 5.74) is 2.84. The van der Waals surface area contributed by atoms with Gasteiger partial charge in [-0.25, -0.2) is 0 Å². The fourth-order valence-electron chi connectivity index (χ4n) is 1.70. The second-order valence-electron chi connectivity index (χ2n) is 4.00. The molecular weight excluding hydrogens is 210 g/mol. The molecule has 0 aliphatic carbocycles. The fourth-order valence-corrected chi connectivity index (χ4v) is 1.70. The average molecular weight is 225 g/mol. The van der Waals surface area contributed by atoms with Crippen LogP contribution in [-0.2, 0) is 6.42 Å². The molecule has 1 N–H and O–H groups in total. The number of para-hydroxylation sites is 2. The van der Waals surface area contributed by atoms with E-state index in [0.717, 1.165) is 12.1 Å². The van der Waals surface area contributed by atoms with Crippen molar-refractivity contribution in [3.8, 4) is 5.75 Å². The lowest BCUT2D eigenvalue weighted by molar-refractivity contribution is 0.477. The van der Waals surface area contributed by atoms with Crippen molar-refractivity contribution in [2.24, 2.45) is 4.99 Å². The third-order valence-corrected chi connectivity index (χ3v) is 2.50. The SMILES string of the molecule is CC(Cc1ccccc1)=Nc1ccccc1O. The zero-order valence-corrected chi connectivity index (χ0v) is 9.80. The number of aliphatic imine (C=N–C) groups is 1. The Kier molecular flexibility index (Phi) is 3.55. The van der Waals surface area contributed by atoms with Crippen LogP contribution >= 0.6 is 0 Å². The van der Waals surface area contributed by atoms with Crippen LogP contribution in [0, 0.1) is 0 Å². The van der Waals surface area contributed by atoms with Gasteiger partial charge in [-0.05, 0) is 24.6 Å². The summed E-state index contributed by atoms with van der Waals surface area (Å²) >= 11 is 0. The molecule has 0 atom stereocenters. The molecule has 2 rings (SSSR count). The van der Waals surface area contributed by atoms with Gasteiger partial charge in [-0.15, -0.1) is 0 Å². The first kappa shape index (κ1) is 11.4. The molecule has 0 amide bonds. The van der Waals surface area contributed by atoms with Crippen molar-refractivity contribution in [1.82, 2.24) is 0 Å². The molecule has 2 heteroatoms. The largest absolute Gasteiger partial charge is 0.506 e. The standard InChI is InChI=1S/C15H15NO/c1-12(11-13-7-3-2-4-8-13)16-14-9-5-6-10-15(14)17/h2-10,17H,11H2,1H3. The molecule has 0 fully saturated rings. The highest BCUT2D eigenvalue weighted by atomic mass is 16.3. The van der Waals surface area contributed by atoms with E-state index in [1.807, 2.05) is 37.3 Å². The van der Waals surface area contributed by atoms with Gasteiger partial charge >= 0.3 is 0 Å². The van der Waals surface area contributed by atoms with Crippen molar-refractivity contribution >= 4 is 11.4 Å². The molecule has 0 spiro atoms. The van der Waals surface area contributed by atoms with Crippen LogP contribution in [0.3, 0.4) is 0 Å². The van der Waals surface area contributed by atoms with Gasteiger partial charge in [0.2, 0.25) is 0 Å². The zero-order valence-electron chi connectivity index (χ0n) is 9.80. The number of phenols is 1. The number of rotatable bonds is 3. The molecule has 0 bridgehead atoms. The van der Waals surface area contributed by atoms with Crippen molar-refractivity contribution < 1.29 is 5.11 Å². The third kappa shape index (κ3) is 3.18. The Bertz CT molecular complexity index is 517. The summed E-state index contributed by atoms with van der Waals surface area (Å²) < 4.78 is 0. The summed E-state index contributed by atoms with van der Waals surface area (Å²) in [6.45, 7) is 1.97. The van der Waals surface area contributed by atoms with Gasteiger partial charge in [0.15, 0.2) is 0 Å². The van der Waals surface area contributed by atoms with Crippen molar-refractivity contribution in [1.29, 1.82) is 0 Å². The Hall–Kier alpha value is -2.09. The molecule has 0 aliphatic heterocycles. The van der Waals surface area contributed by atoms with Gasteiger partial charge in [-0.1, -0.05) is 42.5 Å². The molecule has 0 radical (unpaired) electrons. The Labute approximate surface area is 101 Å². The van der Waals surface area contributed by atoms with Crippen LogP contribution in [0.1, 0.15) is 12.5 Å². The van der Waals surface area contributed by atoms with E-state index in [4.69, 9.17) is 0 Å². The molecule has 2 nitrogen and oxygen atoms in total. The van der Waals surface area contributed by atoms with E-state index in [0.29, 0.717) is 5.69 Å². The highest BCUT2D eigenvalue weighted by Crippen LogP contribution is 2.25. The Morgan fingerprint density at radius 3 is 2.35 bits per heavy atom. The molecular formula is C15H15NO. The van der Waals surface area contributed by atoms with Crippen LogP contribution in [0.5, 0.6) is 5.75 Å². The van der Waals surface area contributed by atoms with Crippen molar-refractivity contribution in [3.05, 3.63) is 60.2 Å². The lowest BCUT2D eigenvalue weighted by Gasteiger charge is -2.02. The first-order chi connectivity index (χ1) is 8.25. The summed E-state index contributed by atoms with van der Waals surface area (Å²) in [7, 11) is 0. The van der Waals surface area contributed by atoms with E-state index < -0.39 is 0 Å². The number of hydrogen-bond acceptors (Lipinski definition) is 2. The number of nitrogens with zero attached hydrogens (tertiary/aromatic N) is 1. The van der Waals surface area contributed by atoms with Gasteiger partial charge in [0.1, 0.15) is 11.4 Å². The van der Waals surface area contributed by atoms with Gasteiger partial charge in [-0.2, -0.15) is 0 Å². The maximum Gasteiger partial charge on any atom is 0.141 e. The van der Waals surface area contributed by atoms with E-state index in [-0.39, 0.29) is 5.75 Å². The molecule has 0 aliphatic rings. The molecule has 0 saturated heterocycles. The van der Waals surface area contributed by atoms with E-state index in [1.165, 1.54) is 5.56 Å². The fraction of sp³-hybridized carbons (Fsp3) is 0.133. The molecule has 2 aromatic rings. The van der Waals surface area contributed by atoms with Gasteiger partial charge in [0.05, 0.1) is 0 Å². The third-order valence-electron chi connectivity index (χ3n) is 2.50. The number of hydrogen-bond donors (Lipinski definition) is 1. The molecule has 86 valence electrons. The van der Waals surface area contributed by atoms with Crippen LogP contribution in [0.2, 0.25) is 0 Å². The minimum atomic E-state index is 0.222. The van der Waals surface area contributed by atoms with Crippen LogP contribution in [0.15, 0.2) is 59.6 Å². The molecule has 17 heavy (non-hydrogen) atoms. The molecule has 2 aromatic carbocycles. The summed E-state index contributed by atoms with van der Waals surface area (Å²) in [5, 5.41) is 9.62. The van der Waals surface area contributed by atoms with Gasteiger partial charge in [0.25, 0.3) is 0 Å². The lowest BCUT2D eigenvalue weighted by atomic mass is 10.1. The van der Waals surface area contributed by atoms with Crippen molar-refractivity contribution in [3.63, 3.8) is 0 Å². The first-order valence-corrected chi connectivity index (χ1v) is 5.62. The maximum atomic E-state index is 9.62. The summed E-state index contributed by atoms with van der Waals surface area (Å²) in [6.07, 6.45) is 0.801. The van der Waals surface area contributed by atoms with Crippen molar-refractivity contribution in [2.75, 3.05) is 0 Å². The summed E-state index contributed by atoms with van der Waals surface area (Å²) in [4.78, 5) is 4.42. The highest BCUT2D eigenvalue weighted by molar-refractivity contribution is 5.87.